The molecule has 2 aliphatic carbocycles. The zero-order valence-corrected chi connectivity index (χ0v) is 25.9. The van der Waals surface area contributed by atoms with Crippen molar-refractivity contribution in [2.45, 2.75) is 62.1 Å². The van der Waals surface area contributed by atoms with Crippen LogP contribution in [-0.2, 0) is 32.1 Å². The van der Waals surface area contributed by atoms with E-state index < -0.39 is 27.5 Å². The molecule has 7 rings (SSSR count). The van der Waals surface area contributed by atoms with Gasteiger partial charge in [0.15, 0.2) is 5.60 Å². The molecular formula is C33H40ClN3O5S. The van der Waals surface area contributed by atoms with Gasteiger partial charge in [-0.2, -0.15) is 0 Å². The van der Waals surface area contributed by atoms with Crippen LogP contribution in [0.1, 0.15) is 55.2 Å². The predicted octanol–water partition coefficient (Wildman–Crippen LogP) is 3.72. The van der Waals surface area contributed by atoms with Crippen LogP contribution in [0.2, 0.25) is 5.02 Å². The quantitative estimate of drug-likeness (QED) is 0.305. The van der Waals surface area contributed by atoms with Gasteiger partial charge in [0, 0.05) is 30.1 Å². The van der Waals surface area contributed by atoms with Gasteiger partial charge in [0.2, 0.25) is 0 Å². The minimum atomic E-state index is -3.08. The Morgan fingerprint density at radius 2 is 2.00 bits per heavy atom. The number of nitrogens with one attached hydrogen (secondary N) is 1. The van der Waals surface area contributed by atoms with Crippen molar-refractivity contribution in [2.24, 2.45) is 11.8 Å². The molecule has 0 aromatic heterocycles. The number of hydrogen-bond donors (Lipinski definition) is 3. The van der Waals surface area contributed by atoms with E-state index in [2.05, 4.69) is 27.6 Å². The third-order valence-electron chi connectivity index (χ3n) is 10.4. The fraction of sp³-hybridized carbons (Fsp3) is 0.515. The number of hydrogen-bond acceptors (Lipinski definition) is 6. The molecule has 4 bridgehead atoms. The van der Waals surface area contributed by atoms with Gasteiger partial charge in [0.25, 0.3) is 5.91 Å². The molecule has 2 aromatic rings. The summed E-state index contributed by atoms with van der Waals surface area (Å²) in [7, 11) is -3.08. The topological polar surface area (TPSA) is 102 Å². The van der Waals surface area contributed by atoms with Crippen LogP contribution in [0, 0.1) is 11.8 Å². The van der Waals surface area contributed by atoms with Gasteiger partial charge >= 0.3 is 0 Å². The monoisotopic (exact) mass is 625 g/mol. The van der Waals surface area contributed by atoms with E-state index in [1.54, 1.807) is 10.4 Å². The average molecular weight is 626 g/mol. The van der Waals surface area contributed by atoms with Crippen LogP contribution >= 0.6 is 11.6 Å². The van der Waals surface area contributed by atoms with Gasteiger partial charge in [-0.05, 0) is 104 Å². The number of amides is 1. The summed E-state index contributed by atoms with van der Waals surface area (Å²) in [6.45, 7) is 2.19. The second kappa shape index (κ2) is 10.8. The van der Waals surface area contributed by atoms with Crippen molar-refractivity contribution in [3.05, 3.63) is 70.3 Å². The van der Waals surface area contributed by atoms with Crippen molar-refractivity contribution in [1.29, 1.82) is 0 Å². The van der Waals surface area contributed by atoms with Gasteiger partial charge < -0.3 is 19.8 Å². The maximum absolute atomic E-state index is 13.4. The number of aliphatic hydroxyl groups excluding tert-OH is 1. The molecule has 8 nitrogen and oxygen atoms in total. The standard InChI is InChI=1S/C33H40ClN3O5S/c1-43(41)35-31(39)33(40)20-37(43)15-4-2-3-7-29(38)26-11-8-23(26)18-36-19-32(21-42-30-13-9-24(33)17-28(30)36)14-5-6-22-16-25(34)10-12-27(22)32/h3,7,9-10,12-13,16-17,23,26,29,38,40H,1-2,4-6,8,11,14-15,18-21H2,(H,35,39,41)/b7-3+/t23-,26+,29-,32-,33-,43?/m0/s1. The third kappa shape index (κ3) is 5.07. The third-order valence-corrected chi connectivity index (χ3v) is 12.3. The van der Waals surface area contributed by atoms with Crippen molar-refractivity contribution < 1.29 is 24.0 Å². The lowest BCUT2D eigenvalue weighted by molar-refractivity contribution is -0.141. The second-order valence-electron chi connectivity index (χ2n) is 13.1. The smallest absolute Gasteiger partial charge is 0.270 e. The Balaban J connectivity index is 1.34. The zero-order chi connectivity index (χ0) is 30.0. The molecule has 43 heavy (non-hydrogen) atoms. The van der Waals surface area contributed by atoms with Crippen LogP contribution in [0.5, 0.6) is 5.75 Å². The minimum absolute atomic E-state index is 0.129. The van der Waals surface area contributed by atoms with E-state index in [0.717, 1.165) is 49.4 Å². The SMILES string of the molecule is C=S1(=O)NC(=O)[C@]2(O)CN1CCC/C=C/[C@H](O)[C@@H]1CC[C@H]1CN1C[C@@]3(CCCc4cc(Cl)ccc43)COc3ccc2cc31. The van der Waals surface area contributed by atoms with Crippen LogP contribution in [0.25, 0.3) is 0 Å². The summed E-state index contributed by atoms with van der Waals surface area (Å²) in [4.78, 5) is 15.7. The Hall–Kier alpha value is -2.56. The van der Waals surface area contributed by atoms with Crippen LogP contribution < -0.4 is 14.4 Å². The van der Waals surface area contributed by atoms with Crippen LogP contribution in [-0.4, -0.2) is 69.4 Å². The van der Waals surface area contributed by atoms with Gasteiger partial charge in [-0.15, -0.1) is 0 Å². The first kappa shape index (κ1) is 29.2. The number of benzene rings is 2. The van der Waals surface area contributed by atoms with Gasteiger partial charge in [-0.3, -0.25) is 9.52 Å². The molecule has 3 N–H and O–H groups in total. The summed E-state index contributed by atoms with van der Waals surface area (Å²) in [5.74, 6) is 4.23. The van der Waals surface area contributed by atoms with E-state index in [9.17, 15) is 19.2 Å². The highest BCUT2D eigenvalue weighted by molar-refractivity contribution is 7.96. The maximum Gasteiger partial charge on any atom is 0.270 e. The van der Waals surface area contributed by atoms with E-state index in [1.165, 1.54) is 11.1 Å². The zero-order valence-electron chi connectivity index (χ0n) is 24.3. The molecule has 1 spiro atoms. The minimum Gasteiger partial charge on any atom is -0.490 e. The molecule has 5 aliphatic rings. The molecule has 3 aliphatic heterocycles. The summed E-state index contributed by atoms with van der Waals surface area (Å²) in [5, 5.41) is 23.8. The van der Waals surface area contributed by atoms with Gasteiger partial charge in [0.05, 0.1) is 24.9 Å². The Morgan fingerprint density at radius 1 is 1.14 bits per heavy atom. The first-order valence-corrected chi connectivity index (χ1v) is 17.5. The lowest BCUT2D eigenvalue weighted by Gasteiger charge is -2.45. The maximum atomic E-state index is 13.4. The van der Waals surface area contributed by atoms with E-state index >= 15 is 0 Å². The van der Waals surface area contributed by atoms with Crippen LogP contribution in [0.15, 0.2) is 48.6 Å². The number of carbonyl (C=O) groups excluding carboxylic acids is 1. The lowest BCUT2D eigenvalue weighted by Crippen LogP contribution is -2.62. The number of ether oxygens (including phenoxy) is 1. The largest absolute Gasteiger partial charge is 0.490 e. The summed E-state index contributed by atoms with van der Waals surface area (Å²) in [6.07, 6.45) is 9.67. The molecule has 10 heteroatoms. The summed E-state index contributed by atoms with van der Waals surface area (Å²) < 4.78 is 24.0. The molecule has 1 saturated carbocycles. The number of halogens is 1. The van der Waals surface area contributed by atoms with E-state index in [-0.39, 0.29) is 17.9 Å². The summed E-state index contributed by atoms with van der Waals surface area (Å²) in [5.41, 5.74) is 1.62. The number of fused-ring (bicyclic) bond motifs is 7. The Morgan fingerprint density at radius 3 is 2.81 bits per heavy atom. The van der Waals surface area contributed by atoms with Crippen LogP contribution in [0.3, 0.4) is 0 Å². The molecule has 2 aromatic carbocycles. The number of aliphatic hydroxyl groups is 2. The summed E-state index contributed by atoms with van der Waals surface area (Å²) in [6, 6.07) is 11.7. The molecule has 2 fully saturated rings. The first-order chi connectivity index (χ1) is 20.6. The van der Waals surface area contributed by atoms with Crippen molar-refractivity contribution in [3.8, 4) is 5.75 Å². The van der Waals surface area contributed by atoms with Gasteiger partial charge in [0.1, 0.15) is 15.6 Å². The van der Waals surface area contributed by atoms with Crippen molar-refractivity contribution in [1.82, 2.24) is 9.03 Å². The Bertz CT molecular complexity index is 1580. The van der Waals surface area contributed by atoms with Crippen molar-refractivity contribution >= 4 is 39.0 Å². The van der Waals surface area contributed by atoms with E-state index in [1.807, 2.05) is 30.4 Å². The number of allylic oxidation sites excluding steroid dienone is 1. The molecule has 7 atom stereocenters. The predicted molar refractivity (Wildman–Crippen MR) is 170 cm³/mol. The number of anilines is 1. The molecule has 1 saturated heterocycles. The fourth-order valence-corrected chi connectivity index (χ4v) is 9.47. The van der Waals surface area contributed by atoms with E-state index in [4.69, 9.17) is 16.3 Å². The van der Waals surface area contributed by atoms with Gasteiger partial charge in [-0.25, -0.2) is 8.51 Å². The highest BCUT2D eigenvalue weighted by Gasteiger charge is 2.48. The van der Waals surface area contributed by atoms with Crippen molar-refractivity contribution in [2.75, 3.05) is 37.7 Å². The highest BCUT2D eigenvalue weighted by atomic mass is 35.5. The number of nitrogens with zero attached hydrogens (tertiary/aromatic N) is 2. The van der Waals surface area contributed by atoms with E-state index in [0.29, 0.717) is 49.8 Å². The van der Waals surface area contributed by atoms with Crippen LogP contribution in [0.4, 0.5) is 5.69 Å². The molecule has 3 heterocycles. The molecule has 0 radical (unpaired) electrons. The lowest BCUT2D eigenvalue weighted by atomic mass is 9.68. The summed E-state index contributed by atoms with van der Waals surface area (Å²) >= 11 is 6.41. The Kier molecular flexibility index (Phi) is 7.33. The van der Waals surface area contributed by atoms with Crippen molar-refractivity contribution in [3.63, 3.8) is 0 Å². The molecular weight excluding hydrogens is 586 g/mol. The number of aryl methyl sites for hydroxylation is 1. The molecule has 2 unspecified atom stereocenters. The molecule has 230 valence electrons. The fourth-order valence-electron chi connectivity index (χ4n) is 7.86. The average Bonchev–Trinajstić information content (AvgIpc) is 3.10. The first-order valence-electron chi connectivity index (χ1n) is 15.4. The Labute approximate surface area is 258 Å². The van der Waals surface area contributed by atoms with Gasteiger partial charge in [-0.1, -0.05) is 35.9 Å². The molecule has 1 amide bonds. The highest BCUT2D eigenvalue weighted by Crippen LogP contribution is 2.47. The second-order valence-corrected chi connectivity index (χ2v) is 15.6. The number of carbonyl (C=O) groups is 1. The normalized spacial score (nSPS) is 38.0. The number of rotatable bonds is 0.